The average molecular weight is 398 g/mol. The Labute approximate surface area is 168 Å². The van der Waals surface area contributed by atoms with Gasteiger partial charge in [-0.3, -0.25) is 4.98 Å². The monoisotopic (exact) mass is 397 g/mol. The first-order valence-electron chi connectivity index (χ1n) is 9.46. The number of nitrogens with one attached hydrogen (secondary N) is 2. The van der Waals surface area contributed by atoms with Gasteiger partial charge in [-0.25, -0.2) is 9.37 Å². The zero-order valence-electron chi connectivity index (χ0n) is 15.3. The molecule has 144 valence electrons. The van der Waals surface area contributed by atoms with Gasteiger partial charge in [0.05, 0.1) is 16.4 Å². The number of hydrogen-bond acceptors (Lipinski definition) is 5. The molecule has 0 bridgehead atoms. The predicted molar refractivity (Wildman–Crippen MR) is 110 cm³/mol. The highest BCUT2D eigenvalue weighted by Crippen LogP contribution is 2.30. The molecule has 2 N–H and O–H groups in total. The lowest BCUT2D eigenvalue weighted by Gasteiger charge is -2.23. The Morgan fingerprint density at radius 1 is 1.04 bits per heavy atom. The van der Waals surface area contributed by atoms with Crippen LogP contribution in [0.15, 0.2) is 48.8 Å². The summed E-state index contributed by atoms with van der Waals surface area (Å²) in [6, 6.07) is 10.5. The molecule has 4 rings (SSSR count). The first-order valence-corrected chi connectivity index (χ1v) is 9.84. The largest absolute Gasteiger partial charge is 0.351 e. The van der Waals surface area contributed by atoms with Crippen LogP contribution in [0, 0.1) is 5.82 Å². The number of hydrogen-bond donors (Lipinski definition) is 2. The van der Waals surface area contributed by atoms with Crippen LogP contribution in [0.3, 0.4) is 0 Å². The molecule has 0 atom stereocenters. The third-order valence-electron chi connectivity index (χ3n) is 4.84. The Bertz CT molecular complexity index is 925. The lowest BCUT2D eigenvalue weighted by molar-refractivity contribution is 0.461. The number of anilines is 3. The molecule has 1 fully saturated rings. The highest BCUT2D eigenvalue weighted by atomic mass is 35.5. The predicted octanol–water partition coefficient (Wildman–Crippen LogP) is 5.82. The molecule has 1 saturated carbocycles. The molecule has 1 aliphatic carbocycles. The summed E-state index contributed by atoms with van der Waals surface area (Å²) < 4.78 is 14.2. The van der Waals surface area contributed by atoms with Gasteiger partial charge in [0.2, 0.25) is 5.95 Å². The fourth-order valence-electron chi connectivity index (χ4n) is 3.41. The number of halogens is 2. The maximum absolute atomic E-state index is 14.2. The number of para-hydroxylation sites is 1. The minimum absolute atomic E-state index is 0.198. The molecule has 3 aromatic rings. The summed E-state index contributed by atoms with van der Waals surface area (Å²) in [4.78, 5) is 13.4. The zero-order valence-corrected chi connectivity index (χ0v) is 16.1. The molecule has 7 heteroatoms. The van der Waals surface area contributed by atoms with E-state index in [0.717, 1.165) is 18.4 Å². The van der Waals surface area contributed by atoms with E-state index in [9.17, 15) is 4.39 Å². The van der Waals surface area contributed by atoms with Gasteiger partial charge in [0.25, 0.3) is 0 Å². The van der Waals surface area contributed by atoms with Gasteiger partial charge in [0.15, 0.2) is 0 Å². The number of nitrogens with zero attached hydrogens (tertiary/aromatic N) is 3. The molecule has 2 aromatic heterocycles. The second-order valence-corrected chi connectivity index (χ2v) is 7.31. The van der Waals surface area contributed by atoms with Crippen molar-refractivity contribution in [2.24, 2.45) is 0 Å². The molecule has 28 heavy (non-hydrogen) atoms. The second-order valence-electron chi connectivity index (χ2n) is 6.90. The molecular weight excluding hydrogens is 377 g/mol. The van der Waals surface area contributed by atoms with Crippen molar-refractivity contribution in [3.63, 3.8) is 0 Å². The molecule has 0 saturated heterocycles. The van der Waals surface area contributed by atoms with Crippen molar-refractivity contribution in [1.82, 2.24) is 15.0 Å². The highest BCUT2D eigenvalue weighted by Gasteiger charge is 2.16. The average Bonchev–Trinajstić information content (AvgIpc) is 2.72. The third-order valence-corrected chi connectivity index (χ3v) is 5.15. The van der Waals surface area contributed by atoms with E-state index in [1.165, 1.54) is 25.3 Å². The molecule has 5 nitrogen and oxygen atoms in total. The van der Waals surface area contributed by atoms with Gasteiger partial charge in [0.1, 0.15) is 11.6 Å². The molecule has 0 spiro atoms. The van der Waals surface area contributed by atoms with Gasteiger partial charge in [0, 0.05) is 30.1 Å². The smallest absolute Gasteiger partial charge is 0.225 e. The van der Waals surface area contributed by atoms with Gasteiger partial charge in [-0.15, -0.1) is 0 Å². The summed E-state index contributed by atoms with van der Waals surface area (Å²) >= 11 is 6.16. The van der Waals surface area contributed by atoms with Gasteiger partial charge in [-0.2, -0.15) is 4.98 Å². The van der Waals surface area contributed by atoms with E-state index in [2.05, 4.69) is 25.6 Å². The minimum Gasteiger partial charge on any atom is -0.351 e. The van der Waals surface area contributed by atoms with Crippen LogP contribution < -0.4 is 10.6 Å². The number of rotatable bonds is 5. The Morgan fingerprint density at radius 2 is 1.89 bits per heavy atom. The first kappa shape index (κ1) is 18.6. The maximum Gasteiger partial charge on any atom is 0.225 e. The fourth-order valence-corrected chi connectivity index (χ4v) is 3.62. The van der Waals surface area contributed by atoms with E-state index in [1.54, 1.807) is 30.6 Å². The van der Waals surface area contributed by atoms with Crippen LogP contribution in [0.4, 0.5) is 21.8 Å². The van der Waals surface area contributed by atoms with Gasteiger partial charge >= 0.3 is 0 Å². The first-order chi connectivity index (χ1) is 13.7. The number of aromatic nitrogens is 3. The van der Waals surface area contributed by atoms with Crippen LogP contribution in [0.25, 0.3) is 11.3 Å². The van der Waals surface area contributed by atoms with Gasteiger partial charge < -0.3 is 10.6 Å². The van der Waals surface area contributed by atoms with Crippen molar-refractivity contribution in [3.05, 3.63) is 59.6 Å². The summed E-state index contributed by atoms with van der Waals surface area (Å²) in [5.74, 6) is 0.554. The van der Waals surface area contributed by atoms with Crippen molar-refractivity contribution in [2.75, 3.05) is 10.6 Å². The Hall–Kier alpha value is -2.73. The van der Waals surface area contributed by atoms with E-state index in [-0.39, 0.29) is 5.69 Å². The van der Waals surface area contributed by atoms with Crippen LogP contribution in [-0.4, -0.2) is 21.0 Å². The lowest BCUT2D eigenvalue weighted by Crippen LogP contribution is -2.23. The van der Waals surface area contributed by atoms with Crippen LogP contribution in [0.5, 0.6) is 0 Å². The normalized spacial score (nSPS) is 14.6. The quantitative estimate of drug-likeness (QED) is 0.568. The van der Waals surface area contributed by atoms with Crippen molar-refractivity contribution in [2.45, 2.75) is 38.1 Å². The highest BCUT2D eigenvalue weighted by molar-refractivity contribution is 6.33. The number of pyridine rings is 1. The topological polar surface area (TPSA) is 62.7 Å². The molecule has 0 aliphatic heterocycles. The SMILES string of the molecule is Fc1cccc(Cl)c1Nc1cc(-c2cccnc2)nc(NC2CCCCC2)n1. The van der Waals surface area contributed by atoms with Crippen molar-refractivity contribution < 1.29 is 4.39 Å². The fraction of sp³-hybridized carbons (Fsp3) is 0.286. The van der Waals surface area contributed by atoms with E-state index < -0.39 is 5.82 Å². The van der Waals surface area contributed by atoms with Gasteiger partial charge in [-0.1, -0.05) is 36.9 Å². The standard InChI is InChI=1S/C21H21ClFN5/c22-16-9-4-10-17(23)20(16)27-19-12-18(14-6-5-11-24-13-14)26-21(28-19)25-15-7-2-1-3-8-15/h4-6,9-13,15H,1-3,7-8H2,(H2,25,26,27,28). The Balaban J connectivity index is 1.69. The molecule has 0 unspecified atom stereocenters. The third kappa shape index (κ3) is 4.39. The van der Waals surface area contributed by atoms with Crippen LogP contribution in [0.1, 0.15) is 32.1 Å². The molecule has 0 radical (unpaired) electrons. The summed E-state index contributed by atoms with van der Waals surface area (Å²) in [5, 5.41) is 6.74. The maximum atomic E-state index is 14.2. The molecule has 2 heterocycles. The molecule has 1 aromatic carbocycles. The van der Waals surface area contributed by atoms with E-state index >= 15 is 0 Å². The van der Waals surface area contributed by atoms with Crippen molar-refractivity contribution in [1.29, 1.82) is 0 Å². The summed E-state index contributed by atoms with van der Waals surface area (Å²) in [7, 11) is 0. The van der Waals surface area contributed by atoms with E-state index in [0.29, 0.717) is 28.5 Å². The molecular formula is C21H21ClFN5. The van der Waals surface area contributed by atoms with E-state index in [4.69, 9.17) is 11.6 Å². The lowest BCUT2D eigenvalue weighted by atomic mass is 9.96. The molecule has 1 aliphatic rings. The molecule has 0 amide bonds. The number of benzene rings is 1. The van der Waals surface area contributed by atoms with Crippen molar-refractivity contribution in [3.8, 4) is 11.3 Å². The Kier molecular flexibility index (Phi) is 5.67. The summed E-state index contributed by atoms with van der Waals surface area (Å²) in [6.07, 6.45) is 9.33. The van der Waals surface area contributed by atoms with Crippen LogP contribution in [0.2, 0.25) is 5.02 Å². The zero-order chi connectivity index (χ0) is 19.3. The Morgan fingerprint density at radius 3 is 2.64 bits per heavy atom. The van der Waals surface area contributed by atoms with Crippen LogP contribution >= 0.6 is 11.6 Å². The van der Waals surface area contributed by atoms with Crippen LogP contribution in [-0.2, 0) is 0 Å². The summed E-state index contributed by atoms with van der Waals surface area (Å²) in [5.41, 5.74) is 1.76. The second kappa shape index (κ2) is 8.52. The minimum atomic E-state index is -0.434. The van der Waals surface area contributed by atoms with Gasteiger partial charge in [-0.05, 0) is 37.1 Å². The van der Waals surface area contributed by atoms with Crippen molar-refractivity contribution >= 4 is 29.1 Å². The summed E-state index contributed by atoms with van der Waals surface area (Å²) in [6.45, 7) is 0. The van der Waals surface area contributed by atoms with E-state index in [1.807, 2.05) is 12.1 Å².